The lowest BCUT2D eigenvalue weighted by Gasteiger charge is -2.41. The third-order valence-electron chi connectivity index (χ3n) is 4.89. The average molecular weight is 397 g/mol. The fraction of sp³-hybridized carbons (Fsp3) is 0.611. The first kappa shape index (κ1) is 20.1. The number of aromatic nitrogens is 2. The predicted molar refractivity (Wildman–Crippen MR) is 102 cm³/mol. The molecule has 1 aliphatic rings. The van der Waals surface area contributed by atoms with Gasteiger partial charge in [0.25, 0.3) is 0 Å². The fourth-order valence-corrected chi connectivity index (χ4v) is 5.23. The van der Waals surface area contributed by atoms with Crippen LogP contribution in [0.2, 0.25) is 0 Å². The van der Waals surface area contributed by atoms with Crippen LogP contribution in [-0.2, 0) is 10.0 Å². The van der Waals surface area contributed by atoms with Gasteiger partial charge >= 0.3 is 0 Å². The van der Waals surface area contributed by atoms with Crippen LogP contribution < -0.4 is 0 Å². The van der Waals surface area contributed by atoms with Crippen molar-refractivity contribution in [1.82, 2.24) is 19.4 Å². The van der Waals surface area contributed by atoms with Crippen molar-refractivity contribution >= 4 is 10.0 Å². The van der Waals surface area contributed by atoms with E-state index in [0.717, 1.165) is 6.54 Å². The van der Waals surface area contributed by atoms with Crippen LogP contribution in [0.1, 0.15) is 26.0 Å². The van der Waals surface area contributed by atoms with Crippen LogP contribution in [-0.4, -0.2) is 71.8 Å². The molecule has 0 saturated carbocycles. The minimum atomic E-state index is -3.67. The molecule has 1 atom stereocenters. The van der Waals surface area contributed by atoms with Crippen molar-refractivity contribution in [2.45, 2.75) is 38.1 Å². The molecule has 2 aromatic rings. The summed E-state index contributed by atoms with van der Waals surface area (Å²) in [5, 5.41) is 16.1. The number of piperazine rings is 1. The van der Waals surface area contributed by atoms with Gasteiger partial charge in [-0.1, -0.05) is 13.8 Å². The van der Waals surface area contributed by atoms with Crippen LogP contribution in [0.4, 0.5) is 0 Å². The monoisotopic (exact) mass is 396 g/mol. The first-order chi connectivity index (χ1) is 12.8. The van der Waals surface area contributed by atoms with Gasteiger partial charge in [0.1, 0.15) is 16.3 Å². The number of hydrogen-bond acceptors (Lipinski definition) is 6. The van der Waals surface area contributed by atoms with Gasteiger partial charge < -0.3 is 9.52 Å². The molecular weight excluding hydrogens is 368 g/mol. The molecule has 1 aliphatic heterocycles. The van der Waals surface area contributed by atoms with E-state index in [-0.39, 0.29) is 17.5 Å². The molecule has 9 heteroatoms. The summed E-state index contributed by atoms with van der Waals surface area (Å²) in [6.45, 7) is 8.35. The molecule has 8 nitrogen and oxygen atoms in total. The molecule has 1 saturated heterocycles. The minimum Gasteiger partial charge on any atom is -0.458 e. The Morgan fingerprint density at radius 1 is 1.41 bits per heavy atom. The number of nitrogens with one attached hydrogen (secondary N) is 1. The highest BCUT2D eigenvalue weighted by molar-refractivity contribution is 7.89. The Kier molecular flexibility index (Phi) is 6.05. The lowest BCUT2D eigenvalue weighted by Crippen LogP contribution is -2.55. The van der Waals surface area contributed by atoms with Gasteiger partial charge in [-0.2, -0.15) is 9.40 Å². The molecule has 1 fully saturated rings. The number of H-pyrrole nitrogens is 1. The SMILES string of the molecule is Cc1oc(-c2ccn[nH]2)cc1S(=O)(=O)N1CCN(CC(C)C)C(CCO)C1. The molecule has 2 aromatic heterocycles. The summed E-state index contributed by atoms with van der Waals surface area (Å²) >= 11 is 0. The second-order valence-electron chi connectivity index (χ2n) is 7.42. The van der Waals surface area contributed by atoms with Crippen LogP contribution >= 0.6 is 0 Å². The molecule has 1 unspecified atom stereocenters. The third kappa shape index (κ3) is 4.26. The number of sulfonamides is 1. The predicted octanol–water partition coefficient (Wildman–Crippen LogP) is 1.69. The lowest BCUT2D eigenvalue weighted by atomic mass is 10.1. The van der Waals surface area contributed by atoms with Crippen molar-refractivity contribution in [2.75, 3.05) is 32.8 Å². The Hall–Kier alpha value is -1.68. The maximum Gasteiger partial charge on any atom is 0.246 e. The van der Waals surface area contributed by atoms with Crippen LogP contribution in [0.15, 0.2) is 27.6 Å². The van der Waals surface area contributed by atoms with Crippen LogP contribution in [0.5, 0.6) is 0 Å². The Labute approximate surface area is 160 Å². The van der Waals surface area contributed by atoms with Crippen LogP contribution in [0.25, 0.3) is 11.5 Å². The molecule has 0 aromatic carbocycles. The van der Waals surface area contributed by atoms with E-state index < -0.39 is 10.0 Å². The van der Waals surface area contributed by atoms with Gasteiger partial charge in [0.15, 0.2) is 5.76 Å². The molecule has 150 valence electrons. The zero-order valence-electron chi connectivity index (χ0n) is 16.1. The van der Waals surface area contributed by atoms with Crippen molar-refractivity contribution in [2.24, 2.45) is 5.92 Å². The number of furan rings is 1. The van der Waals surface area contributed by atoms with E-state index in [1.165, 1.54) is 4.31 Å². The molecule has 27 heavy (non-hydrogen) atoms. The Balaban J connectivity index is 1.83. The van der Waals surface area contributed by atoms with Crippen LogP contribution in [0.3, 0.4) is 0 Å². The van der Waals surface area contributed by atoms with Gasteiger partial charge in [-0.3, -0.25) is 10.00 Å². The number of aliphatic hydroxyl groups excluding tert-OH is 1. The first-order valence-electron chi connectivity index (χ1n) is 9.28. The minimum absolute atomic E-state index is 0.0141. The largest absolute Gasteiger partial charge is 0.458 e. The lowest BCUT2D eigenvalue weighted by molar-refractivity contribution is 0.0853. The van der Waals surface area contributed by atoms with E-state index in [1.807, 2.05) is 0 Å². The van der Waals surface area contributed by atoms with Crippen molar-refractivity contribution in [1.29, 1.82) is 0 Å². The Bertz CT molecular complexity index is 845. The first-order valence-corrected chi connectivity index (χ1v) is 10.7. The molecule has 0 radical (unpaired) electrons. The fourth-order valence-electron chi connectivity index (χ4n) is 3.60. The van der Waals surface area contributed by atoms with Crippen molar-refractivity contribution in [3.63, 3.8) is 0 Å². The molecule has 0 spiro atoms. The van der Waals surface area contributed by atoms with E-state index in [1.54, 1.807) is 25.3 Å². The summed E-state index contributed by atoms with van der Waals surface area (Å²) < 4.78 is 33.6. The molecule has 3 rings (SSSR count). The normalized spacial score (nSPS) is 19.8. The zero-order valence-corrected chi connectivity index (χ0v) is 16.9. The summed E-state index contributed by atoms with van der Waals surface area (Å²) in [6.07, 6.45) is 2.15. The van der Waals surface area contributed by atoms with Gasteiger partial charge in [-0.25, -0.2) is 8.42 Å². The topological polar surface area (TPSA) is 103 Å². The standard InChI is InChI=1S/C18H28N4O4S/c1-13(2)11-21-7-8-22(12-15(21)5-9-23)27(24,25)18-10-17(26-14(18)3)16-4-6-19-20-16/h4,6,10,13,15,23H,5,7-9,11-12H2,1-3H3,(H,19,20). The number of aromatic amines is 1. The van der Waals surface area contributed by atoms with Gasteiger partial charge in [0, 0.05) is 51.1 Å². The highest BCUT2D eigenvalue weighted by Crippen LogP contribution is 2.30. The summed E-state index contributed by atoms with van der Waals surface area (Å²) in [5.41, 5.74) is 0.638. The van der Waals surface area contributed by atoms with Crippen molar-refractivity contribution < 1.29 is 17.9 Å². The summed E-state index contributed by atoms with van der Waals surface area (Å²) in [4.78, 5) is 2.47. The maximum absolute atomic E-state index is 13.2. The molecule has 2 N–H and O–H groups in total. The number of aryl methyl sites for hydroxylation is 1. The average Bonchev–Trinajstić information content (AvgIpc) is 3.25. The number of hydrogen-bond donors (Lipinski definition) is 2. The van der Waals surface area contributed by atoms with E-state index in [9.17, 15) is 13.5 Å². The van der Waals surface area contributed by atoms with Crippen molar-refractivity contribution in [3.05, 3.63) is 24.1 Å². The maximum atomic E-state index is 13.2. The van der Waals surface area contributed by atoms with Gasteiger partial charge in [-0.15, -0.1) is 0 Å². The third-order valence-corrected chi connectivity index (χ3v) is 6.86. The van der Waals surface area contributed by atoms with Gasteiger partial charge in [0.05, 0.1) is 0 Å². The molecule has 3 heterocycles. The molecule has 0 amide bonds. The number of aliphatic hydroxyl groups is 1. The highest BCUT2D eigenvalue weighted by Gasteiger charge is 2.36. The Morgan fingerprint density at radius 3 is 2.81 bits per heavy atom. The highest BCUT2D eigenvalue weighted by atomic mass is 32.2. The summed E-state index contributed by atoms with van der Waals surface area (Å²) in [7, 11) is -3.67. The van der Waals surface area contributed by atoms with E-state index in [0.29, 0.717) is 49.2 Å². The van der Waals surface area contributed by atoms with Gasteiger partial charge in [0.2, 0.25) is 10.0 Å². The second kappa shape index (κ2) is 8.14. The quantitative estimate of drug-likeness (QED) is 0.738. The number of rotatable bonds is 7. The second-order valence-corrected chi connectivity index (χ2v) is 9.33. The molecule has 0 aliphatic carbocycles. The Morgan fingerprint density at radius 2 is 2.19 bits per heavy atom. The van der Waals surface area contributed by atoms with Crippen LogP contribution in [0, 0.1) is 12.8 Å². The zero-order chi connectivity index (χ0) is 19.6. The summed E-state index contributed by atoms with van der Waals surface area (Å²) in [5.74, 6) is 1.30. The molecular formula is C18H28N4O4S. The van der Waals surface area contributed by atoms with E-state index in [4.69, 9.17) is 4.42 Å². The summed E-state index contributed by atoms with van der Waals surface area (Å²) in [6, 6.07) is 3.30. The van der Waals surface area contributed by atoms with E-state index >= 15 is 0 Å². The smallest absolute Gasteiger partial charge is 0.246 e. The van der Waals surface area contributed by atoms with Gasteiger partial charge in [-0.05, 0) is 25.3 Å². The number of nitrogens with zero attached hydrogens (tertiary/aromatic N) is 3. The van der Waals surface area contributed by atoms with E-state index in [2.05, 4.69) is 28.9 Å². The van der Waals surface area contributed by atoms with Crippen molar-refractivity contribution in [3.8, 4) is 11.5 Å². The molecule has 0 bridgehead atoms.